The Kier molecular flexibility index (Phi) is 4.71. The summed E-state index contributed by atoms with van der Waals surface area (Å²) >= 11 is 0. The van der Waals surface area contributed by atoms with E-state index < -0.39 is 0 Å². The van der Waals surface area contributed by atoms with E-state index in [4.69, 9.17) is 9.47 Å². The van der Waals surface area contributed by atoms with E-state index in [2.05, 4.69) is 42.7 Å². The molecular weight excluding hydrogens is 350 g/mol. The van der Waals surface area contributed by atoms with Crippen LogP contribution in [0.3, 0.4) is 0 Å². The van der Waals surface area contributed by atoms with Gasteiger partial charge in [-0.1, -0.05) is 36.8 Å². The first-order valence-electron chi connectivity index (χ1n) is 9.59. The van der Waals surface area contributed by atoms with Crippen molar-refractivity contribution in [1.29, 1.82) is 0 Å². The summed E-state index contributed by atoms with van der Waals surface area (Å²) in [4.78, 5) is 12.7. The van der Waals surface area contributed by atoms with Gasteiger partial charge in [0, 0.05) is 29.4 Å². The van der Waals surface area contributed by atoms with Crippen molar-refractivity contribution in [3.8, 4) is 28.4 Å². The average molecular weight is 375 g/mol. The minimum absolute atomic E-state index is 0.223. The van der Waals surface area contributed by atoms with E-state index in [1.807, 2.05) is 24.3 Å². The van der Waals surface area contributed by atoms with Crippen LogP contribution in [-0.4, -0.2) is 24.6 Å². The monoisotopic (exact) mass is 375 g/mol. The molecule has 3 aromatic rings. The van der Waals surface area contributed by atoms with E-state index >= 15 is 0 Å². The smallest absolute Gasteiger partial charge is 0.164 e. The molecule has 1 heterocycles. The van der Waals surface area contributed by atoms with Gasteiger partial charge in [-0.3, -0.25) is 4.79 Å². The first-order valence-corrected chi connectivity index (χ1v) is 9.59. The number of nitrogens with zero attached hydrogens (tertiary/aromatic N) is 1. The van der Waals surface area contributed by atoms with Gasteiger partial charge >= 0.3 is 0 Å². The van der Waals surface area contributed by atoms with E-state index in [1.165, 1.54) is 5.56 Å². The van der Waals surface area contributed by atoms with Gasteiger partial charge in [-0.05, 0) is 43.0 Å². The number of rotatable bonds is 4. The summed E-state index contributed by atoms with van der Waals surface area (Å²) in [5, 5.41) is 0. The number of ketones is 1. The molecule has 144 valence electrons. The summed E-state index contributed by atoms with van der Waals surface area (Å²) in [6, 6.07) is 16.4. The summed E-state index contributed by atoms with van der Waals surface area (Å²) in [7, 11) is 3.27. The van der Waals surface area contributed by atoms with Crippen molar-refractivity contribution in [3.05, 3.63) is 65.4 Å². The molecule has 0 aliphatic heterocycles. The molecule has 1 aromatic heterocycles. The maximum absolute atomic E-state index is 12.7. The molecule has 1 atom stereocenters. The second-order valence-corrected chi connectivity index (χ2v) is 7.57. The molecule has 0 saturated heterocycles. The number of hydrogen-bond donors (Lipinski definition) is 0. The maximum Gasteiger partial charge on any atom is 0.164 e. The number of ether oxygens (including phenoxy) is 2. The van der Waals surface area contributed by atoms with Crippen LogP contribution in [0.1, 0.15) is 35.0 Å². The summed E-state index contributed by atoms with van der Waals surface area (Å²) in [6.45, 7) is 4.21. The Morgan fingerprint density at radius 2 is 1.64 bits per heavy atom. The first kappa shape index (κ1) is 18.4. The van der Waals surface area contributed by atoms with Crippen LogP contribution in [0, 0.1) is 12.8 Å². The fourth-order valence-electron chi connectivity index (χ4n) is 4.02. The third-order valence-electron chi connectivity index (χ3n) is 5.45. The molecule has 4 nitrogen and oxygen atoms in total. The second-order valence-electron chi connectivity index (χ2n) is 7.57. The molecule has 0 bridgehead atoms. The zero-order valence-electron chi connectivity index (χ0n) is 16.8. The molecular formula is C24H25NO3. The summed E-state index contributed by atoms with van der Waals surface area (Å²) in [5.41, 5.74) is 6.21. The number of carbonyl (C=O) groups is 1. The van der Waals surface area contributed by atoms with Gasteiger partial charge in [0.1, 0.15) is 0 Å². The van der Waals surface area contributed by atoms with Crippen LogP contribution in [0.4, 0.5) is 0 Å². The van der Waals surface area contributed by atoms with Crippen molar-refractivity contribution in [2.24, 2.45) is 5.92 Å². The predicted octanol–water partition coefficient (Wildman–Crippen LogP) is 5.23. The van der Waals surface area contributed by atoms with Crippen molar-refractivity contribution in [1.82, 2.24) is 4.57 Å². The SMILES string of the molecule is COc1ccc(-n2c(-c3ccc(C)cc3)cc3c2C[C@H](C)CC3=O)cc1OC. The lowest BCUT2D eigenvalue weighted by atomic mass is 9.88. The number of benzene rings is 2. The topological polar surface area (TPSA) is 40.5 Å². The zero-order valence-corrected chi connectivity index (χ0v) is 16.8. The molecule has 0 amide bonds. The predicted molar refractivity (Wildman–Crippen MR) is 111 cm³/mol. The van der Waals surface area contributed by atoms with Crippen molar-refractivity contribution >= 4 is 5.78 Å². The number of Topliss-reactive ketones (excluding diaryl/α,β-unsaturated/α-hetero) is 1. The van der Waals surface area contributed by atoms with E-state index in [9.17, 15) is 4.79 Å². The quantitative estimate of drug-likeness (QED) is 0.626. The number of hydrogen-bond acceptors (Lipinski definition) is 3. The molecule has 0 radical (unpaired) electrons. The van der Waals surface area contributed by atoms with Crippen LogP contribution >= 0.6 is 0 Å². The third kappa shape index (κ3) is 3.09. The van der Waals surface area contributed by atoms with Crippen molar-refractivity contribution in [3.63, 3.8) is 0 Å². The number of methoxy groups -OCH3 is 2. The van der Waals surface area contributed by atoms with Crippen molar-refractivity contribution in [2.75, 3.05) is 14.2 Å². The van der Waals surface area contributed by atoms with E-state index in [-0.39, 0.29) is 5.78 Å². The molecule has 0 spiro atoms. The number of aromatic nitrogens is 1. The molecule has 28 heavy (non-hydrogen) atoms. The molecule has 0 unspecified atom stereocenters. The van der Waals surface area contributed by atoms with Crippen LogP contribution in [-0.2, 0) is 6.42 Å². The number of aryl methyl sites for hydroxylation is 1. The lowest BCUT2D eigenvalue weighted by molar-refractivity contribution is 0.0952. The summed E-state index contributed by atoms with van der Waals surface area (Å²) in [6.07, 6.45) is 1.48. The van der Waals surface area contributed by atoms with Gasteiger partial charge in [0.15, 0.2) is 17.3 Å². The van der Waals surface area contributed by atoms with Gasteiger partial charge < -0.3 is 14.0 Å². The molecule has 4 heteroatoms. The normalized spacial score (nSPS) is 16.0. The molecule has 0 fully saturated rings. The van der Waals surface area contributed by atoms with Crippen LogP contribution in [0.15, 0.2) is 48.5 Å². The fourth-order valence-corrected chi connectivity index (χ4v) is 4.02. The molecule has 0 saturated carbocycles. The molecule has 0 N–H and O–H groups in total. The van der Waals surface area contributed by atoms with E-state index in [1.54, 1.807) is 14.2 Å². The second kappa shape index (κ2) is 7.19. The van der Waals surface area contributed by atoms with Crippen molar-refractivity contribution < 1.29 is 14.3 Å². The summed E-state index contributed by atoms with van der Waals surface area (Å²) < 4.78 is 13.1. The van der Waals surface area contributed by atoms with E-state index in [0.717, 1.165) is 34.6 Å². The van der Waals surface area contributed by atoms with Gasteiger partial charge in [0.25, 0.3) is 0 Å². The Labute approximate surface area is 165 Å². The molecule has 1 aliphatic rings. The highest BCUT2D eigenvalue weighted by Crippen LogP contribution is 2.38. The first-order chi connectivity index (χ1) is 13.5. The van der Waals surface area contributed by atoms with Crippen LogP contribution in [0.2, 0.25) is 0 Å². The third-order valence-corrected chi connectivity index (χ3v) is 5.45. The Balaban J connectivity index is 1.97. The highest BCUT2D eigenvalue weighted by molar-refractivity contribution is 6.00. The van der Waals surface area contributed by atoms with Crippen LogP contribution < -0.4 is 9.47 Å². The number of fused-ring (bicyclic) bond motifs is 1. The fraction of sp³-hybridized carbons (Fsp3) is 0.292. The zero-order chi connectivity index (χ0) is 19.8. The molecule has 1 aliphatic carbocycles. The Bertz CT molecular complexity index is 1030. The number of carbonyl (C=O) groups excluding carboxylic acids is 1. The average Bonchev–Trinajstić information content (AvgIpc) is 3.07. The van der Waals surface area contributed by atoms with Crippen LogP contribution in [0.5, 0.6) is 11.5 Å². The molecule has 4 rings (SSSR count). The van der Waals surface area contributed by atoms with Gasteiger partial charge in [-0.25, -0.2) is 0 Å². The Morgan fingerprint density at radius 1 is 0.929 bits per heavy atom. The Morgan fingerprint density at radius 3 is 2.32 bits per heavy atom. The highest BCUT2D eigenvalue weighted by Gasteiger charge is 2.29. The minimum Gasteiger partial charge on any atom is -0.493 e. The van der Waals surface area contributed by atoms with Gasteiger partial charge in [0.05, 0.1) is 19.9 Å². The maximum atomic E-state index is 12.7. The Hall–Kier alpha value is -3.01. The van der Waals surface area contributed by atoms with Crippen molar-refractivity contribution in [2.45, 2.75) is 26.7 Å². The van der Waals surface area contributed by atoms with Gasteiger partial charge in [-0.2, -0.15) is 0 Å². The largest absolute Gasteiger partial charge is 0.493 e. The van der Waals surface area contributed by atoms with E-state index in [0.29, 0.717) is 23.8 Å². The lowest BCUT2D eigenvalue weighted by Crippen LogP contribution is -2.19. The lowest BCUT2D eigenvalue weighted by Gasteiger charge is -2.21. The van der Waals surface area contributed by atoms with Gasteiger partial charge in [0.2, 0.25) is 0 Å². The standard InChI is InChI=1S/C24H25NO3/c1-15-5-7-17(8-6-15)20-14-19-21(11-16(2)12-22(19)26)25(20)18-9-10-23(27-3)24(13-18)28-4/h5-10,13-14,16H,11-12H2,1-4H3/t16-/m0/s1. The van der Waals surface area contributed by atoms with Gasteiger partial charge in [-0.15, -0.1) is 0 Å². The van der Waals surface area contributed by atoms with Crippen LogP contribution in [0.25, 0.3) is 16.9 Å². The summed E-state index contributed by atoms with van der Waals surface area (Å²) in [5.74, 6) is 1.92. The molecule has 2 aromatic carbocycles. The minimum atomic E-state index is 0.223. The highest BCUT2D eigenvalue weighted by atomic mass is 16.5.